The quantitative estimate of drug-likeness (QED) is 0.316. The molecule has 0 aromatic carbocycles. The van der Waals surface area contributed by atoms with Gasteiger partial charge < -0.3 is 39.7 Å². The van der Waals surface area contributed by atoms with Crippen molar-refractivity contribution < 1.29 is 64.0 Å². The van der Waals surface area contributed by atoms with Crippen molar-refractivity contribution in [2.24, 2.45) is 11.8 Å². The number of ether oxygens (including phenoxy) is 2. The second-order valence-electron chi connectivity index (χ2n) is 10.9. The van der Waals surface area contributed by atoms with E-state index in [1.807, 2.05) is 58.4 Å². The molecule has 0 saturated carbocycles. The Hall–Kier alpha value is -3.68. The van der Waals surface area contributed by atoms with Gasteiger partial charge in [0.25, 0.3) is 0 Å². The fourth-order valence-corrected chi connectivity index (χ4v) is 5.80. The van der Waals surface area contributed by atoms with Gasteiger partial charge in [-0.1, -0.05) is 97.2 Å². The average Bonchev–Trinajstić information content (AvgIpc) is 3.92. The molecule has 6 rings (SSSR count). The van der Waals surface area contributed by atoms with Gasteiger partial charge in [0.2, 0.25) is 0 Å². The zero-order valence-electron chi connectivity index (χ0n) is 26.1. The Kier molecular flexibility index (Phi) is 16.5. The van der Waals surface area contributed by atoms with Crippen molar-refractivity contribution in [2.45, 2.75) is 25.7 Å². The summed E-state index contributed by atoms with van der Waals surface area (Å²) < 4.78 is 8.91. The number of hydrogen-bond acceptors (Lipinski definition) is 8. The maximum absolute atomic E-state index is 12.5. The smallest absolute Gasteiger partial charge is 0.860 e. The monoisotopic (exact) mass is 708 g/mol. The minimum Gasteiger partial charge on any atom is -0.860 e. The van der Waals surface area contributed by atoms with Crippen molar-refractivity contribution in [3.63, 3.8) is 0 Å². The minimum absolute atomic E-state index is 0. The predicted octanol–water partition coefficient (Wildman–Crippen LogP) is 2.46. The largest absolute Gasteiger partial charge is 2.00 e. The molecule has 0 aromatic heterocycles. The third kappa shape index (κ3) is 10.7. The number of methoxy groups -OCH3 is 2. The summed E-state index contributed by atoms with van der Waals surface area (Å²) in [6, 6.07) is 0. The zero-order valence-corrected chi connectivity index (χ0v) is 28.3. The maximum atomic E-state index is 12.5. The van der Waals surface area contributed by atoms with Crippen LogP contribution in [0.25, 0.3) is 0 Å². The molecule has 0 N–H and O–H groups in total. The Morgan fingerprint density at radius 2 is 0.717 bits per heavy atom. The molecule has 0 unspecified atom stereocenters. The molecule has 2 fully saturated rings. The van der Waals surface area contributed by atoms with E-state index in [1.54, 1.807) is 48.6 Å². The van der Waals surface area contributed by atoms with Crippen LogP contribution in [0.1, 0.15) is 25.7 Å². The first-order valence-corrected chi connectivity index (χ1v) is 15.0. The molecule has 46 heavy (non-hydrogen) atoms. The van der Waals surface area contributed by atoms with Crippen LogP contribution in [-0.4, -0.2) is 50.2 Å². The standard InChI is InChI=1S/C22H28N2O2.2C7H8O2.2Fe/c25-21(19-5-1-2-6-19)23-13-9-17(10-14-23)18-11-15-24(16-12-18)22(26)20-7-3-4-8-20;2*1-9-7(8)6-4-2-3-5-6;;/h1-8,17-18,25-26H,9-16H2;2*2-5,8H,1H3;;/q;;;2*+2/p-4. The summed E-state index contributed by atoms with van der Waals surface area (Å²) in [5.74, 6) is 1.16. The summed E-state index contributed by atoms with van der Waals surface area (Å²) in [5, 5.41) is 46.2. The molecule has 0 radical (unpaired) electrons. The van der Waals surface area contributed by atoms with Gasteiger partial charge in [-0.25, -0.2) is 0 Å². The van der Waals surface area contributed by atoms with Crippen LogP contribution in [0.4, 0.5) is 0 Å². The topological polar surface area (TPSA) is 117 Å². The van der Waals surface area contributed by atoms with E-state index in [1.165, 1.54) is 14.2 Å². The molecule has 10 heteroatoms. The molecular weight excluding hydrogens is 668 g/mol. The molecule has 8 nitrogen and oxygen atoms in total. The van der Waals surface area contributed by atoms with Gasteiger partial charge in [0.15, 0.2) is 0 Å². The number of hydrogen-bond donors (Lipinski definition) is 0. The zero-order chi connectivity index (χ0) is 31.3. The van der Waals surface area contributed by atoms with Gasteiger partial charge in [-0.2, -0.15) is 0 Å². The normalized spacial score (nSPS) is 19.0. The van der Waals surface area contributed by atoms with Gasteiger partial charge in [-0.15, -0.1) is 0 Å². The second kappa shape index (κ2) is 19.7. The fraction of sp³-hybridized carbons (Fsp3) is 0.333. The van der Waals surface area contributed by atoms with Gasteiger partial charge >= 0.3 is 34.1 Å². The molecule has 4 aliphatic carbocycles. The van der Waals surface area contributed by atoms with Crippen LogP contribution < -0.4 is 20.4 Å². The van der Waals surface area contributed by atoms with Crippen molar-refractivity contribution in [1.82, 2.24) is 9.80 Å². The molecular formula is C36H40Fe2N2O6. The van der Waals surface area contributed by atoms with Crippen molar-refractivity contribution in [1.29, 1.82) is 0 Å². The molecule has 246 valence electrons. The van der Waals surface area contributed by atoms with Gasteiger partial charge in [0, 0.05) is 26.2 Å². The van der Waals surface area contributed by atoms with E-state index in [9.17, 15) is 20.4 Å². The minimum atomic E-state index is -0.278. The summed E-state index contributed by atoms with van der Waals surface area (Å²) in [4.78, 5) is 4.00. The number of likely N-dealkylation sites (tertiary alicyclic amines) is 2. The molecule has 2 saturated heterocycles. The Bertz CT molecular complexity index is 1230. The molecule has 0 atom stereocenters. The van der Waals surface area contributed by atoms with E-state index in [4.69, 9.17) is 0 Å². The number of rotatable bonds is 5. The van der Waals surface area contributed by atoms with E-state index in [-0.39, 0.29) is 57.8 Å². The first kappa shape index (κ1) is 38.5. The first-order chi connectivity index (χ1) is 21.4. The third-order valence-electron chi connectivity index (χ3n) is 8.31. The van der Waals surface area contributed by atoms with Gasteiger partial charge in [-0.3, -0.25) is 0 Å². The Morgan fingerprint density at radius 1 is 0.478 bits per heavy atom. The Labute approximate surface area is 293 Å². The third-order valence-corrected chi connectivity index (χ3v) is 8.31. The predicted molar refractivity (Wildman–Crippen MR) is 164 cm³/mol. The molecule has 2 heterocycles. The summed E-state index contributed by atoms with van der Waals surface area (Å²) in [6.07, 6.45) is 33.7. The van der Waals surface area contributed by atoms with Crippen molar-refractivity contribution >= 4 is 0 Å². The summed E-state index contributed by atoms with van der Waals surface area (Å²) in [6.45, 7) is 3.45. The number of nitrogens with zero attached hydrogens (tertiary/aromatic N) is 2. The molecule has 6 aliphatic rings. The molecule has 0 bridgehead atoms. The Morgan fingerprint density at radius 3 is 0.957 bits per heavy atom. The van der Waals surface area contributed by atoms with Crippen molar-refractivity contribution in [3.05, 3.63) is 143 Å². The van der Waals surface area contributed by atoms with Gasteiger partial charge in [-0.05, 0) is 85.8 Å². The summed E-state index contributed by atoms with van der Waals surface area (Å²) in [7, 11) is 2.74. The number of allylic oxidation sites excluding steroid dienone is 20. The first-order valence-electron chi connectivity index (χ1n) is 15.0. The fourth-order valence-electron chi connectivity index (χ4n) is 5.80. The van der Waals surface area contributed by atoms with Crippen molar-refractivity contribution in [3.8, 4) is 0 Å². The molecule has 0 aromatic rings. The summed E-state index contributed by atoms with van der Waals surface area (Å²) >= 11 is 0. The van der Waals surface area contributed by atoms with Crippen LogP contribution >= 0.6 is 0 Å². The Balaban J connectivity index is 0.000000303. The van der Waals surface area contributed by atoms with Gasteiger partial charge in [0.1, 0.15) is 0 Å². The van der Waals surface area contributed by atoms with Crippen LogP contribution in [-0.2, 0) is 43.6 Å². The van der Waals surface area contributed by atoms with Crippen LogP contribution in [0, 0.1) is 11.8 Å². The molecule has 0 spiro atoms. The van der Waals surface area contributed by atoms with E-state index in [2.05, 4.69) is 9.47 Å². The maximum Gasteiger partial charge on any atom is 2.00 e. The van der Waals surface area contributed by atoms with Gasteiger partial charge in [0.05, 0.1) is 11.9 Å². The van der Waals surface area contributed by atoms with E-state index in [0.717, 1.165) is 63.0 Å². The number of piperidine rings is 2. The van der Waals surface area contributed by atoms with Crippen molar-refractivity contribution in [2.75, 3.05) is 40.4 Å². The average molecular weight is 708 g/mol. The van der Waals surface area contributed by atoms with E-state index < -0.39 is 0 Å². The molecule has 2 aliphatic heterocycles. The van der Waals surface area contributed by atoms with E-state index >= 15 is 0 Å². The van der Waals surface area contributed by atoms with Crippen LogP contribution in [0.15, 0.2) is 143 Å². The van der Waals surface area contributed by atoms with Crippen LogP contribution in [0.2, 0.25) is 0 Å². The van der Waals surface area contributed by atoms with Crippen LogP contribution in [0.5, 0.6) is 0 Å². The summed E-state index contributed by atoms with van der Waals surface area (Å²) in [5.41, 5.74) is 2.83. The van der Waals surface area contributed by atoms with Crippen LogP contribution in [0.3, 0.4) is 0 Å². The van der Waals surface area contributed by atoms with E-state index in [0.29, 0.717) is 23.0 Å². The SMILES string of the molecule is COC([O-])=C1C=CC=C1.COC([O-])=C1C=CC=C1.[Fe+2].[Fe+2].[O-]C(=C1C=CC=C1)N1CCC(C2CCN(C([O-])=C3C=CC=C3)CC2)CC1. The molecule has 0 amide bonds. The second-order valence-corrected chi connectivity index (χ2v) is 10.9.